The number of imide groups is 1. The molecule has 2 amide bonds. The molecule has 2 heterocycles. The SMILES string of the molecule is O=C1c2cccc3cccc(c23)C(=O)N1/N=C\c1ccc(Br)s1. The molecule has 0 saturated heterocycles. The average Bonchev–Trinajstić information content (AvgIpc) is 2.98. The number of rotatable bonds is 2. The van der Waals surface area contributed by atoms with Gasteiger partial charge in [0.1, 0.15) is 0 Å². The number of thiophene rings is 1. The van der Waals surface area contributed by atoms with Crippen LogP contribution in [0, 0.1) is 0 Å². The summed E-state index contributed by atoms with van der Waals surface area (Å²) in [7, 11) is 0. The topological polar surface area (TPSA) is 49.7 Å². The van der Waals surface area contributed by atoms with E-state index in [2.05, 4.69) is 21.0 Å². The van der Waals surface area contributed by atoms with Crippen molar-refractivity contribution in [1.29, 1.82) is 0 Å². The van der Waals surface area contributed by atoms with Gasteiger partial charge in [0, 0.05) is 10.3 Å². The molecule has 4 nitrogen and oxygen atoms in total. The fraction of sp³-hybridized carbons (Fsp3) is 0. The predicted molar refractivity (Wildman–Crippen MR) is 94.1 cm³/mol. The first-order chi connectivity index (χ1) is 11.1. The second kappa shape index (κ2) is 5.40. The van der Waals surface area contributed by atoms with Gasteiger partial charge in [-0.2, -0.15) is 10.1 Å². The highest BCUT2D eigenvalue weighted by molar-refractivity contribution is 9.11. The summed E-state index contributed by atoms with van der Waals surface area (Å²) >= 11 is 4.85. The van der Waals surface area contributed by atoms with Crippen molar-refractivity contribution >= 4 is 56.1 Å². The van der Waals surface area contributed by atoms with E-state index in [1.54, 1.807) is 12.1 Å². The van der Waals surface area contributed by atoms with E-state index in [-0.39, 0.29) is 0 Å². The molecule has 1 aromatic heterocycles. The minimum absolute atomic E-state index is 0.397. The Kier molecular flexibility index (Phi) is 3.36. The van der Waals surface area contributed by atoms with Crippen molar-refractivity contribution in [3.05, 3.63) is 68.3 Å². The second-order valence-electron chi connectivity index (χ2n) is 5.02. The monoisotopic (exact) mass is 384 g/mol. The van der Waals surface area contributed by atoms with Gasteiger partial charge in [0.2, 0.25) is 0 Å². The van der Waals surface area contributed by atoms with Gasteiger partial charge in [-0.05, 0) is 45.6 Å². The standard InChI is InChI=1S/C17H9BrN2O2S/c18-14-8-7-11(23-14)9-19-20-16(21)12-5-1-3-10-4-2-6-13(15(10)12)17(20)22/h1-9H/b19-9-. The molecule has 23 heavy (non-hydrogen) atoms. The van der Waals surface area contributed by atoms with Crippen LogP contribution in [0.4, 0.5) is 0 Å². The van der Waals surface area contributed by atoms with Gasteiger partial charge >= 0.3 is 0 Å². The van der Waals surface area contributed by atoms with Crippen LogP contribution in [0.5, 0.6) is 0 Å². The zero-order valence-corrected chi connectivity index (χ0v) is 14.1. The largest absolute Gasteiger partial charge is 0.282 e. The molecule has 0 radical (unpaired) electrons. The Hall–Kier alpha value is -2.31. The van der Waals surface area contributed by atoms with E-state index < -0.39 is 11.8 Å². The average molecular weight is 385 g/mol. The summed E-state index contributed by atoms with van der Waals surface area (Å²) in [4.78, 5) is 26.1. The molecule has 6 heteroatoms. The number of hydrogen-bond acceptors (Lipinski definition) is 4. The van der Waals surface area contributed by atoms with Crippen LogP contribution in [0.25, 0.3) is 10.8 Å². The number of carbonyl (C=O) groups excluding carboxylic acids is 2. The molecule has 0 aliphatic carbocycles. The number of hydrazone groups is 1. The maximum Gasteiger partial charge on any atom is 0.282 e. The van der Waals surface area contributed by atoms with Crippen LogP contribution in [-0.4, -0.2) is 23.0 Å². The maximum atomic E-state index is 12.6. The fourth-order valence-electron chi connectivity index (χ4n) is 2.64. The van der Waals surface area contributed by atoms with Crippen LogP contribution in [0.3, 0.4) is 0 Å². The zero-order chi connectivity index (χ0) is 16.0. The Morgan fingerprint density at radius 3 is 2.17 bits per heavy atom. The van der Waals surface area contributed by atoms with E-state index in [1.165, 1.54) is 17.6 Å². The van der Waals surface area contributed by atoms with Crippen LogP contribution >= 0.6 is 27.3 Å². The Balaban J connectivity index is 1.81. The summed E-state index contributed by atoms with van der Waals surface area (Å²) in [5.74, 6) is -0.794. The fourth-order valence-corrected chi connectivity index (χ4v) is 3.93. The van der Waals surface area contributed by atoms with Crippen molar-refractivity contribution < 1.29 is 9.59 Å². The molecule has 0 atom stereocenters. The lowest BCUT2D eigenvalue weighted by molar-refractivity contribution is 0.0616. The molecule has 0 spiro atoms. The third kappa shape index (κ3) is 2.31. The van der Waals surface area contributed by atoms with Crippen LogP contribution in [0.15, 0.2) is 57.4 Å². The Morgan fingerprint density at radius 1 is 0.957 bits per heavy atom. The van der Waals surface area contributed by atoms with Gasteiger partial charge in [-0.1, -0.05) is 24.3 Å². The third-order valence-corrected chi connectivity index (χ3v) is 5.20. The van der Waals surface area contributed by atoms with Crippen LogP contribution in [0.2, 0.25) is 0 Å². The van der Waals surface area contributed by atoms with E-state index in [0.29, 0.717) is 16.5 Å². The van der Waals surface area contributed by atoms with Gasteiger partial charge in [-0.25, -0.2) is 0 Å². The number of carbonyl (C=O) groups is 2. The van der Waals surface area contributed by atoms with E-state index in [4.69, 9.17) is 0 Å². The molecule has 3 aromatic rings. The van der Waals surface area contributed by atoms with E-state index in [1.807, 2.05) is 36.4 Å². The lowest BCUT2D eigenvalue weighted by atomic mass is 9.95. The van der Waals surface area contributed by atoms with Crippen molar-refractivity contribution in [1.82, 2.24) is 5.01 Å². The van der Waals surface area contributed by atoms with Crippen molar-refractivity contribution in [2.24, 2.45) is 5.10 Å². The lowest BCUT2D eigenvalue weighted by Crippen LogP contribution is -2.36. The molecule has 1 aliphatic rings. The molecule has 2 aromatic carbocycles. The normalized spacial score (nSPS) is 14.2. The summed E-state index contributed by atoms with van der Waals surface area (Å²) in [6.45, 7) is 0. The molecule has 0 bridgehead atoms. The number of amides is 2. The van der Waals surface area contributed by atoms with Gasteiger partial charge in [-0.3, -0.25) is 9.59 Å². The van der Waals surface area contributed by atoms with Gasteiger partial charge in [0.25, 0.3) is 11.8 Å². The summed E-state index contributed by atoms with van der Waals surface area (Å²) in [6, 6.07) is 14.6. The number of hydrogen-bond donors (Lipinski definition) is 0. The third-order valence-electron chi connectivity index (χ3n) is 3.64. The molecular formula is C17H9BrN2O2S. The molecule has 0 unspecified atom stereocenters. The van der Waals surface area contributed by atoms with E-state index in [9.17, 15) is 9.59 Å². The first-order valence-corrected chi connectivity index (χ1v) is 8.46. The van der Waals surface area contributed by atoms with E-state index >= 15 is 0 Å². The molecule has 1 aliphatic heterocycles. The Labute approximate surface area is 144 Å². The van der Waals surface area contributed by atoms with Crippen molar-refractivity contribution in [2.45, 2.75) is 0 Å². The summed E-state index contributed by atoms with van der Waals surface area (Å²) in [5, 5.41) is 6.63. The van der Waals surface area contributed by atoms with Crippen molar-refractivity contribution in [2.75, 3.05) is 0 Å². The Morgan fingerprint density at radius 2 is 1.61 bits per heavy atom. The van der Waals surface area contributed by atoms with Gasteiger partial charge in [-0.15, -0.1) is 11.3 Å². The van der Waals surface area contributed by atoms with E-state index in [0.717, 1.165) is 19.1 Å². The van der Waals surface area contributed by atoms with Gasteiger partial charge in [0.05, 0.1) is 21.1 Å². The quantitative estimate of drug-likeness (QED) is 0.488. The summed E-state index contributed by atoms with van der Waals surface area (Å²) in [5.41, 5.74) is 1.00. The van der Waals surface area contributed by atoms with Crippen molar-refractivity contribution in [3.8, 4) is 0 Å². The van der Waals surface area contributed by atoms with Gasteiger partial charge < -0.3 is 0 Å². The van der Waals surface area contributed by atoms with Crippen molar-refractivity contribution in [3.63, 3.8) is 0 Å². The van der Waals surface area contributed by atoms with Crippen LogP contribution in [-0.2, 0) is 0 Å². The first kappa shape index (κ1) is 14.3. The molecule has 0 saturated carbocycles. The molecular weight excluding hydrogens is 376 g/mol. The molecule has 0 fully saturated rings. The van der Waals surface area contributed by atoms with Crippen LogP contribution in [0.1, 0.15) is 25.6 Å². The highest BCUT2D eigenvalue weighted by Crippen LogP contribution is 2.30. The van der Waals surface area contributed by atoms with Crippen LogP contribution < -0.4 is 0 Å². The Bertz CT molecular complexity index is 942. The summed E-state index contributed by atoms with van der Waals surface area (Å²) < 4.78 is 0.963. The maximum absolute atomic E-state index is 12.6. The molecule has 4 rings (SSSR count). The smallest absolute Gasteiger partial charge is 0.267 e. The highest BCUT2D eigenvalue weighted by atomic mass is 79.9. The number of nitrogens with zero attached hydrogens (tertiary/aromatic N) is 2. The number of benzene rings is 2. The zero-order valence-electron chi connectivity index (χ0n) is 11.7. The predicted octanol–water partition coefficient (Wildman–Crippen LogP) is 4.29. The lowest BCUT2D eigenvalue weighted by Gasteiger charge is -2.22. The summed E-state index contributed by atoms with van der Waals surface area (Å²) in [6.07, 6.45) is 1.53. The molecule has 0 N–H and O–H groups in total. The van der Waals surface area contributed by atoms with Gasteiger partial charge in [0.15, 0.2) is 0 Å². The second-order valence-corrected chi connectivity index (χ2v) is 7.51. The number of halogens is 1. The first-order valence-electron chi connectivity index (χ1n) is 6.85. The molecule has 112 valence electrons. The highest BCUT2D eigenvalue weighted by Gasteiger charge is 2.32. The minimum atomic E-state index is -0.397. The minimum Gasteiger partial charge on any atom is -0.267 e.